The van der Waals surface area contributed by atoms with E-state index in [1.807, 2.05) is 0 Å². The van der Waals surface area contributed by atoms with Gasteiger partial charge < -0.3 is 9.47 Å². The Bertz CT molecular complexity index is 720. The van der Waals surface area contributed by atoms with Gasteiger partial charge in [-0.2, -0.15) is 0 Å². The van der Waals surface area contributed by atoms with Crippen molar-refractivity contribution in [3.8, 4) is 0 Å². The maximum Gasteiger partial charge on any atom is 0.305 e. The first-order valence-electron chi connectivity index (χ1n) is 24.4. The molecule has 0 amide bonds. The Hall–Kier alpha value is -1.06. The highest BCUT2D eigenvalue weighted by atomic mass is 16.5. The van der Waals surface area contributed by atoms with Crippen LogP contribution < -0.4 is 0 Å². The van der Waals surface area contributed by atoms with Crippen molar-refractivity contribution in [3.63, 3.8) is 0 Å². The lowest BCUT2D eigenvalue weighted by Gasteiger charge is -2.17. The van der Waals surface area contributed by atoms with Crippen molar-refractivity contribution in [3.05, 3.63) is 0 Å². The van der Waals surface area contributed by atoms with E-state index in [-0.39, 0.29) is 11.9 Å². The zero-order chi connectivity index (χ0) is 38.7. The molecule has 0 aliphatic heterocycles. The highest BCUT2D eigenvalue weighted by Crippen LogP contribution is 2.22. The van der Waals surface area contributed by atoms with Gasteiger partial charge in [-0.25, -0.2) is 0 Å². The summed E-state index contributed by atoms with van der Waals surface area (Å²) in [6, 6.07) is 0. The molecule has 0 radical (unpaired) electrons. The van der Waals surface area contributed by atoms with Crippen molar-refractivity contribution in [2.45, 2.75) is 278 Å². The minimum atomic E-state index is 0.0214. The van der Waals surface area contributed by atoms with Gasteiger partial charge >= 0.3 is 11.9 Å². The molecule has 0 aromatic rings. The summed E-state index contributed by atoms with van der Waals surface area (Å²) in [7, 11) is 0. The van der Waals surface area contributed by atoms with Gasteiger partial charge in [0, 0.05) is 12.8 Å². The number of esters is 2. The predicted molar refractivity (Wildman–Crippen MR) is 232 cm³/mol. The van der Waals surface area contributed by atoms with E-state index >= 15 is 0 Å². The van der Waals surface area contributed by atoms with Crippen LogP contribution in [0, 0.1) is 11.8 Å². The molecule has 316 valence electrons. The van der Waals surface area contributed by atoms with Crippen LogP contribution in [0.5, 0.6) is 0 Å². The first kappa shape index (κ1) is 51.9. The molecule has 53 heavy (non-hydrogen) atoms. The smallest absolute Gasteiger partial charge is 0.305 e. The summed E-state index contributed by atoms with van der Waals surface area (Å²) in [5.41, 5.74) is 0. The fourth-order valence-corrected chi connectivity index (χ4v) is 7.82. The van der Waals surface area contributed by atoms with Crippen molar-refractivity contribution < 1.29 is 19.1 Å². The van der Waals surface area contributed by atoms with Crippen LogP contribution in [-0.4, -0.2) is 25.2 Å². The van der Waals surface area contributed by atoms with E-state index in [9.17, 15) is 9.59 Å². The topological polar surface area (TPSA) is 52.6 Å². The van der Waals surface area contributed by atoms with Gasteiger partial charge in [0.05, 0.1) is 13.2 Å². The van der Waals surface area contributed by atoms with Crippen LogP contribution in [0.3, 0.4) is 0 Å². The third-order valence-electron chi connectivity index (χ3n) is 11.6. The molecule has 0 aliphatic rings. The molecule has 0 aromatic carbocycles. The summed E-state index contributed by atoms with van der Waals surface area (Å²) in [6.07, 6.45) is 48.4. The lowest BCUT2D eigenvalue weighted by atomic mass is 9.94. The average Bonchev–Trinajstić information content (AvgIpc) is 3.16. The molecule has 0 aliphatic carbocycles. The lowest BCUT2D eigenvalue weighted by Crippen LogP contribution is -2.14. The molecule has 0 spiro atoms. The maximum atomic E-state index is 12.5. The van der Waals surface area contributed by atoms with Gasteiger partial charge in [0.15, 0.2) is 0 Å². The summed E-state index contributed by atoms with van der Waals surface area (Å²) >= 11 is 0. The third-order valence-corrected chi connectivity index (χ3v) is 11.6. The molecule has 0 aromatic heterocycles. The number of carbonyl (C=O) groups excluding carboxylic acids is 2. The highest BCUT2D eigenvalue weighted by molar-refractivity contribution is 5.69. The van der Waals surface area contributed by atoms with Crippen LogP contribution in [0.25, 0.3) is 0 Å². The van der Waals surface area contributed by atoms with Crippen LogP contribution in [0.4, 0.5) is 0 Å². The summed E-state index contributed by atoms with van der Waals surface area (Å²) in [6.45, 7) is 10.4. The van der Waals surface area contributed by atoms with E-state index in [4.69, 9.17) is 9.47 Å². The molecule has 0 saturated carbocycles. The van der Waals surface area contributed by atoms with E-state index in [0.717, 1.165) is 25.7 Å². The zero-order valence-electron chi connectivity index (χ0n) is 36.8. The second-order valence-electron chi connectivity index (χ2n) is 17.0. The molecule has 4 nitrogen and oxygen atoms in total. The highest BCUT2D eigenvalue weighted by Gasteiger charge is 2.14. The van der Waals surface area contributed by atoms with Crippen molar-refractivity contribution in [2.24, 2.45) is 11.8 Å². The largest absolute Gasteiger partial charge is 0.465 e. The molecular formula is C49H96O4. The monoisotopic (exact) mass is 749 g/mol. The summed E-state index contributed by atoms with van der Waals surface area (Å²) < 4.78 is 11.6. The zero-order valence-corrected chi connectivity index (χ0v) is 36.8. The lowest BCUT2D eigenvalue weighted by molar-refractivity contribution is -0.146. The molecule has 1 unspecified atom stereocenters. The normalized spacial score (nSPS) is 12.1. The molecule has 0 N–H and O–H groups in total. The molecule has 0 rings (SSSR count). The molecule has 0 saturated heterocycles. The Morgan fingerprint density at radius 3 is 0.774 bits per heavy atom. The fraction of sp³-hybridized carbons (Fsp3) is 0.959. The Balaban J connectivity index is 3.92. The van der Waals surface area contributed by atoms with E-state index in [1.54, 1.807) is 0 Å². The first-order chi connectivity index (χ1) is 26.1. The van der Waals surface area contributed by atoms with Gasteiger partial charge in [-0.05, 0) is 50.4 Å². The third kappa shape index (κ3) is 40.4. The number of hydrogen-bond donors (Lipinski definition) is 0. The molecule has 0 fully saturated rings. The molecule has 0 heterocycles. The standard InChI is InChI=1S/C49H96O4/c1-5-9-13-17-24-29-35-41-46(38-32-16-12-8-4)44-52-48(50)42-36-30-25-22-20-21-23-26-31-37-43-49(51)53-45-47(39-33-27-18-14-10-6-2)40-34-28-19-15-11-7-3/h46-47H,5-45H2,1-4H3. The molecule has 4 heteroatoms. The number of rotatable bonds is 44. The molecule has 0 bridgehead atoms. The summed E-state index contributed by atoms with van der Waals surface area (Å²) in [5, 5.41) is 0. The summed E-state index contributed by atoms with van der Waals surface area (Å²) in [5.74, 6) is 1.15. The second kappa shape index (κ2) is 43.7. The Labute approximate surface area is 333 Å². The van der Waals surface area contributed by atoms with Crippen LogP contribution >= 0.6 is 0 Å². The Morgan fingerprint density at radius 2 is 0.509 bits per heavy atom. The van der Waals surface area contributed by atoms with Crippen LogP contribution in [0.2, 0.25) is 0 Å². The molecular weight excluding hydrogens is 653 g/mol. The van der Waals surface area contributed by atoms with E-state index < -0.39 is 0 Å². The van der Waals surface area contributed by atoms with Gasteiger partial charge in [-0.15, -0.1) is 0 Å². The minimum Gasteiger partial charge on any atom is -0.465 e. The Kier molecular flexibility index (Phi) is 42.8. The maximum absolute atomic E-state index is 12.5. The second-order valence-corrected chi connectivity index (χ2v) is 17.0. The number of ether oxygens (including phenoxy) is 2. The quantitative estimate of drug-likeness (QED) is 0.0460. The van der Waals surface area contributed by atoms with Crippen molar-refractivity contribution in [1.82, 2.24) is 0 Å². The van der Waals surface area contributed by atoms with Crippen molar-refractivity contribution in [1.29, 1.82) is 0 Å². The summed E-state index contributed by atoms with van der Waals surface area (Å²) in [4.78, 5) is 25.0. The van der Waals surface area contributed by atoms with Gasteiger partial charge in [-0.1, -0.05) is 227 Å². The van der Waals surface area contributed by atoms with E-state index in [2.05, 4.69) is 27.7 Å². The minimum absolute atomic E-state index is 0.0214. The number of hydrogen-bond acceptors (Lipinski definition) is 4. The Morgan fingerprint density at radius 1 is 0.302 bits per heavy atom. The van der Waals surface area contributed by atoms with Gasteiger partial charge in [0.1, 0.15) is 0 Å². The van der Waals surface area contributed by atoms with Crippen LogP contribution in [0.15, 0.2) is 0 Å². The van der Waals surface area contributed by atoms with Crippen LogP contribution in [0.1, 0.15) is 278 Å². The average molecular weight is 749 g/mol. The van der Waals surface area contributed by atoms with E-state index in [0.29, 0.717) is 37.9 Å². The number of unbranched alkanes of at least 4 members (excludes halogenated alkanes) is 28. The van der Waals surface area contributed by atoms with Gasteiger partial charge in [0.2, 0.25) is 0 Å². The van der Waals surface area contributed by atoms with Crippen molar-refractivity contribution >= 4 is 11.9 Å². The SMILES string of the molecule is CCCCCCCCCC(CCCCCC)COC(=O)CCCCCCCCCCCCC(=O)OCC(CCCCCCCC)CCCCCCCC. The predicted octanol–water partition coefficient (Wildman–Crippen LogP) is 16.6. The van der Waals surface area contributed by atoms with Gasteiger partial charge in [0.25, 0.3) is 0 Å². The molecule has 1 atom stereocenters. The number of carbonyl (C=O) groups is 2. The van der Waals surface area contributed by atoms with E-state index in [1.165, 1.54) is 212 Å². The first-order valence-corrected chi connectivity index (χ1v) is 24.4. The fourth-order valence-electron chi connectivity index (χ4n) is 7.82. The van der Waals surface area contributed by atoms with Crippen LogP contribution in [-0.2, 0) is 19.1 Å². The van der Waals surface area contributed by atoms with Crippen molar-refractivity contribution in [2.75, 3.05) is 13.2 Å². The van der Waals surface area contributed by atoms with Gasteiger partial charge in [-0.3, -0.25) is 9.59 Å².